The zero-order valence-corrected chi connectivity index (χ0v) is 20.0. The van der Waals surface area contributed by atoms with Crippen LogP contribution in [0.1, 0.15) is 37.0 Å². The van der Waals surface area contributed by atoms with Gasteiger partial charge in [-0.15, -0.1) is 0 Å². The van der Waals surface area contributed by atoms with Crippen LogP contribution in [0.3, 0.4) is 0 Å². The zero-order chi connectivity index (χ0) is 23.2. The van der Waals surface area contributed by atoms with E-state index in [4.69, 9.17) is 0 Å². The van der Waals surface area contributed by atoms with Gasteiger partial charge in [-0.25, -0.2) is 4.90 Å². The lowest BCUT2D eigenvalue weighted by atomic mass is 9.90. The molecule has 0 bridgehead atoms. The maximum Gasteiger partial charge on any atom is 0.282 e. The summed E-state index contributed by atoms with van der Waals surface area (Å²) in [6.45, 7) is 10.1. The fraction of sp³-hybridized carbons (Fsp3) is 0.407. The highest BCUT2D eigenvalue weighted by atomic mass is 16.2. The molecule has 0 aromatic heterocycles. The minimum atomic E-state index is -0.239. The minimum absolute atomic E-state index is 0.220. The molecule has 4 rings (SSSR count). The number of rotatable bonds is 4. The third-order valence-electron chi connectivity index (χ3n) is 6.66. The topological polar surface area (TPSA) is 43.9 Å². The van der Waals surface area contributed by atoms with Crippen LogP contribution >= 0.6 is 0 Å². The molecule has 0 radical (unpaired) electrons. The van der Waals surface area contributed by atoms with Crippen molar-refractivity contribution in [2.45, 2.75) is 34.1 Å². The van der Waals surface area contributed by atoms with Crippen molar-refractivity contribution in [2.75, 3.05) is 37.0 Å². The molecule has 2 atom stereocenters. The van der Waals surface area contributed by atoms with E-state index in [1.807, 2.05) is 68.4 Å². The summed E-state index contributed by atoms with van der Waals surface area (Å²) in [4.78, 5) is 33.0. The summed E-state index contributed by atoms with van der Waals surface area (Å²) in [5.41, 5.74) is 5.81. The van der Waals surface area contributed by atoms with Crippen molar-refractivity contribution < 1.29 is 9.59 Å². The van der Waals surface area contributed by atoms with Crippen LogP contribution in [-0.4, -0.2) is 43.9 Å². The molecule has 2 aromatic rings. The van der Waals surface area contributed by atoms with Crippen molar-refractivity contribution >= 4 is 28.8 Å². The lowest BCUT2D eigenvalue weighted by Gasteiger charge is -2.37. The van der Waals surface area contributed by atoms with Gasteiger partial charge in [0.2, 0.25) is 0 Å². The summed E-state index contributed by atoms with van der Waals surface area (Å²) in [7, 11) is 3.94. The maximum atomic E-state index is 13.8. The Morgan fingerprint density at radius 3 is 2.03 bits per heavy atom. The van der Waals surface area contributed by atoms with Crippen LogP contribution in [0.4, 0.5) is 11.4 Å². The molecule has 0 saturated carbocycles. The van der Waals surface area contributed by atoms with E-state index in [9.17, 15) is 9.59 Å². The molecule has 1 saturated heterocycles. The Hall–Kier alpha value is -3.08. The minimum Gasteiger partial charge on any atom is -0.378 e. The number of imide groups is 1. The largest absolute Gasteiger partial charge is 0.378 e. The number of hydrogen-bond donors (Lipinski definition) is 0. The number of likely N-dealkylation sites (tertiary alicyclic amines) is 1. The lowest BCUT2D eigenvalue weighted by molar-refractivity contribution is -0.120. The highest BCUT2D eigenvalue weighted by molar-refractivity contribution is 6.45. The van der Waals surface area contributed by atoms with Crippen molar-refractivity contribution in [3.63, 3.8) is 0 Å². The number of nitrogens with zero attached hydrogens (tertiary/aromatic N) is 3. The van der Waals surface area contributed by atoms with Gasteiger partial charge in [0.05, 0.1) is 11.3 Å². The quantitative estimate of drug-likeness (QED) is 0.662. The van der Waals surface area contributed by atoms with Gasteiger partial charge in [-0.1, -0.05) is 32.0 Å². The maximum absolute atomic E-state index is 13.8. The molecule has 0 spiro atoms. The molecule has 32 heavy (non-hydrogen) atoms. The molecule has 0 aliphatic carbocycles. The molecule has 5 nitrogen and oxygen atoms in total. The fourth-order valence-corrected chi connectivity index (χ4v) is 4.95. The van der Waals surface area contributed by atoms with E-state index in [1.165, 1.54) is 10.5 Å². The molecule has 2 unspecified atom stereocenters. The van der Waals surface area contributed by atoms with Crippen molar-refractivity contribution in [1.29, 1.82) is 0 Å². The van der Waals surface area contributed by atoms with Crippen molar-refractivity contribution in [2.24, 2.45) is 11.8 Å². The second-order valence-electron chi connectivity index (χ2n) is 9.73. The first-order valence-electron chi connectivity index (χ1n) is 11.4. The second kappa shape index (κ2) is 8.45. The van der Waals surface area contributed by atoms with Gasteiger partial charge in [0.25, 0.3) is 11.8 Å². The molecule has 2 aromatic carbocycles. The summed E-state index contributed by atoms with van der Waals surface area (Å²) < 4.78 is 0. The number of carbonyl (C=O) groups excluding carboxylic acids is 2. The molecule has 168 valence electrons. The van der Waals surface area contributed by atoms with Crippen LogP contribution in [0.5, 0.6) is 0 Å². The summed E-state index contributed by atoms with van der Waals surface area (Å²) in [6, 6.07) is 13.6. The van der Waals surface area contributed by atoms with Gasteiger partial charge in [-0.3, -0.25) is 9.59 Å². The Balaban J connectivity index is 1.82. The monoisotopic (exact) mass is 431 g/mol. The van der Waals surface area contributed by atoms with E-state index >= 15 is 0 Å². The van der Waals surface area contributed by atoms with Crippen LogP contribution in [0, 0.1) is 25.7 Å². The summed E-state index contributed by atoms with van der Waals surface area (Å²) in [5, 5.41) is 0. The predicted molar refractivity (Wildman–Crippen MR) is 131 cm³/mol. The Labute approximate surface area is 191 Å². The highest BCUT2D eigenvalue weighted by Crippen LogP contribution is 2.38. The predicted octanol–water partition coefficient (Wildman–Crippen LogP) is 4.63. The van der Waals surface area contributed by atoms with Crippen LogP contribution < -0.4 is 9.80 Å². The first-order valence-corrected chi connectivity index (χ1v) is 11.4. The molecule has 2 amide bonds. The van der Waals surface area contributed by atoms with Gasteiger partial charge in [-0.05, 0) is 73.1 Å². The number of benzene rings is 2. The Kier molecular flexibility index (Phi) is 5.85. The summed E-state index contributed by atoms with van der Waals surface area (Å²) in [6.07, 6.45) is 1.14. The standard InChI is InChI=1S/C27H33N3O2/c1-17-13-18(2)16-29(15-17)25-24(21-8-7-19(3)20(4)14-21)26(31)30(27(25)32)23-11-9-22(10-12-23)28(5)6/h7-12,14,17-18H,13,15-16H2,1-6H3. The molecule has 2 aliphatic heterocycles. The lowest BCUT2D eigenvalue weighted by Crippen LogP contribution is -2.42. The SMILES string of the molecule is Cc1ccc(C2=C(N3CC(C)CC(C)C3)C(=O)N(c3ccc(N(C)C)cc3)C2=O)cc1C. The summed E-state index contributed by atoms with van der Waals surface area (Å²) >= 11 is 0. The van der Waals surface area contributed by atoms with Crippen LogP contribution in [0.25, 0.3) is 5.57 Å². The number of aryl methyl sites for hydroxylation is 2. The normalized spacial score (nSPS) is 21.6. The second-order valence-corrected chi connectivity index (χ2v) is 9.73. The summed E-state index contributed by atoms with van der Waals surface area (Å²) in [5.74, 6) is 0.492. The van der Waals surface area contributed by atoms with Gasteiger partial charge in [0.15, 0.2) is 0 Å². The van der Waals surface area contributed by atoms with Crippen LogP contribution in [0.2, 0.25) is 0 Å². The molecule has 2 heterocycles. The smallest absolute Gasteiger partial charge is 0.282 e. The number of piperidine rings is 1. The molecular formula is C27H33N3O2. The molecule has 2 aliphatic rings. The third kappa shape index (κ3) is 3.92. The number of amides is 2. The van der Waals surface area contributed by atoms with E-state index in [0.29, 0.717) is 28.8 Å². The van der Waals surface area contributed by atoms with E-state index < -0.39 is 0 Å². The first-order chi connectivity index (χ1) is 15.2. The first kappa shape index (κ1) is 22.1. The zero-order valence-electron chi connectivity index (χ0n) is 20.0. The van der Waals surface area contributed by atoms with Gasteiger partial charge in [0, 0.05) is 32.9 Å². The van der Waals surface area contributed by atoms with Crippen molar-refractivity contribution in [3.05, 3.63) is 64.9 Å². The van der Waals surface area contributed by atoms with Gasteiger partial charge < -0.3 is 9.80 Å². The average molecular weight is 432 g/mol. The van der Waals surface area contributed by atoms with E-state index in [0.717, 1.165) is 36.3 Å². The molecule has 0 N–H and O–H groups in total. The van der Waals surface area contributed by atoms with E-state index in [1.54, 1.807) is 0 Å². The van der Waals surface area contributed by atoms with Gasteiger partial charge in [-0.2, -0.15) is 0 Å². The molecule has 1 fully saturated rings. The van der Waals surface area contributed by atoms with Gasteiger partial charge >= 0.3 is 0 Å². The Morgan fingerprint density at radius 1 is 0.844 bits per heavy atom. The van der Waals surface area contributed by atoms with E-state index in [-0.39, 0.29) is 11.8 Å². The van der Waals surface area contributed by atoms with E-state index in [2.05, 4.69) is 25.7 Å². The molecular weight excluding hydrogens is 398 g/mol. The van der Waals surface area contributed by atoms with Crippen LogP contribution in [-0.2, 0) is 9.59 Å². The Morgan fingerprint density at radius 2 is 1.47 bits per heavy atom. The molecule has 5 heteroatoms. The third-order valence-corrected chi connectivity index (χ3v) is 6.66. The van der Waals surface area contributed by atoms with Crippen molar-refractivity contribution in [3.8, 4) is 0 Å². The number of anilines is 2. The van der Waals surface area contributed by atoms with Crippen molar-refractivity contribution in [1.82, 2.24) is 4.90 Å². The Bertz CT molecular complexity index is 1070. The number of carbonyl (C=O) groups is 2. The van der Waals surface area contributed by atoms with Crippen LogP contribution in [0.15, 0.2) is 48.2 Å². The fourth-order valence-electron chi connectivity index (χ4n) is 4.95. The average Bonchev–Trinajstić information content (AvgIpc) is 2.99. The number of hydrogen-bond acceptors (Lipinski definition) is 4. The van der Waals surface area contributed by atoms with Gasteiger partial charge in [0.1, 0.15) is 5.70 Å². The highest BCUT2D eigenvalue weighted by Gasteiger charge is 2.43.